The molecule has 0 radical (unpaired) electrons. The van der Waals surface area contributed by atoms with Gasteiger partial charge in [-0.25, -0.2) is 12.7 Å². The van der Waals surface area contributed by atoms with Gasteiger partial charge in [0.15, 0.2) is 6.61 Å². The molecule has 0 aliphatic heterocycles. The summed E-state index contributed by atoms with van der Waals surface area (Å²) in [5.74, 6) is 0.112. The summed E-state index contributed by atoms with van der Waals surface area (Å²) < 4.78 is 30.9. The highest BCUT2D eigenvalue weighted by Gasteiger charge is 2.18. The number of rotatable bonds is 6. The van der Waals surface area contributed by atoms with Crippen LogP contribution in [-0.2, 0) is 14.8 Å². The van der Waals surface area contributed by atoms with Crippen molar-refractivity contribution in [3.63, 3.8) is 0 Å². The second-order valence-electron chi connectivity index (χ2n) is 5.96. The van der Waals surface area contributed by atoms with Gasteiger partial charge in [0.05, 0.1) is 4.90 Å². The summed E-state index contributed by atoms with van der Waals surface area (Å²) in [6.07, 6.45) is 0. The van der Waals surface area contributed by atoms with Crippen LogP contribution in [0.15, 0.2) is 41.3 Å². The molecule has 0 heterocycles. The fourth-order valence-corrected chi connectivity index (χ4v) is 3.39. The maximum absolute atomic E-state index is 12.1. The lowest BCUT2D eigenvalue weighted by Gasteiger charge is -2.14. The van der Waals surface area contributed by atoms with Crippen LogP contribution in [0.2, 0.25) is 5.02 Å². The standard InChI is InChI=1S/C18H21ClN2O4S/c1-12-10-14(26(23,24)21(3)4)8-9-17(12)25-11-18(22)20-16-7-5-6-15(19)13(16)2/h5-10H,11H2,1-4H3,(H,20,22). The van der Waals surface area contributed by atoms with Gasteiger partial charge in [-0.15, -0.1) is 0 Å². The normalized spacial score (nSPS) is 11.5. The molecule has 0 bridgehead atoms. The molecule has 0 saturated heterocycles. The average Bonchev–Trinajstić information content (AvgIpc) is 2.57. The fourth-order valence-electron chi connectivity index (χ4n) is 2.23. The average molecular weight is 397 g/mol. The number of nitrogens with zero attached hydrogens (tertiary/aromatic N) is 1. The summed E-state index contributed by atoms with van der Waals surface area (Å²) in [5, 5.41) is 3.31. The quantitative estimate of drug-likeness (QED) is 0.813. The van der Waals surface area contributed by atoms with Gasteiger partial charge in [0.1, 0.15) is 5.75 Å². The van der Waals surface area contributed by atoms with E-state index >= 15 is 0 Å². The first-order chi connectivity index (χ1) is 12.1. The van der Waals surface area contributed by atoms with Gasteiger partial charge in [0.25, 0.3) is 5.91 Å². The molecule has 2 aromatic rings. The molecule has 1 amide bonds. The van der Waals surface area contributed by atoms with Crippen molar-refractivity contribution in [2.45, 2.75) is 18.7 Å². The number of sulfonamides is 1. The second-order valence-corrected chi connectivity index (χ2v) is 8.52. The van der Waals surface area contributed by atoms with Gasteiger partial charge in [-0.3, -0.25) is 4.79 Å². The Balaban J connectivity index is 2.05. The number of amides is 1. The Kier molecular flexibility index (Phi) is 6.28. The Labute approximate surface area is 158 Å². The first-order valence-corrected chi connectivity index (χ1v) is 9.65. The SMILES string of the molecule is Cc1cc(S(=O)(=O)N(C)C)ccc1OCC(=O)Nc1cccc(Cl)c1C. The summed E-state index contributed by atoms with van der Waals surface area (Å²) in [6.45, 7) is 3.34. The Bertz CT molecular complexity index is 927. The molecule has 0 spiro atoms. The highest BCUT2D eigenvalue weighted by atomic mass is 35.5. The Morgan fingerprint density at radius 1 is 1.19 bits per heavy atom. The second kappa shape index (κ2) is 8.07. The molecule has 0 saturated carbocycles. The molecule has 0 atom stereocenters. The van der Waals surface area contributed by atoms with Crippen LogP contribution in [0.3, 0.4) is 0 Å². The molecule has 0 aromatic heterocycles. The van der Waals surface area contributed by atoms with Crippen molar-refractivity contribution in [1.82, 2.24) is 4.31 Å². The maximum Gasteiger partial charge on any atom is 0.262 e. The third-order valence-corrected chi connectivity index (χ3v) is 6.05. The zero-order chi connectivity index (χ0) is 19.5. The van der Waals surface area contributed by atoms with E-state index < -0.39 is 10.0 Å². The maximum atomic E-state index is 12.1. The number of hydrogen-bond acceptors (Lipinski definition) is 4. The van der Waals surface area contributed by atoms with E-state index in [-0.39, 0.29) is 17.4 Å². The summed E-state index contributed by atoms with van der Waals surface area (Å²) in [7, 11) is -0.572. The van der Waals surface area contributed by atoms with Gasteiger partial charge >= 0.3 is 0 Å². The number of hydrogen-bond donors (Lipinski definition) is 1. The van der Waals surface area contributed by atoms with E-state index in [4.69, 9.17) is 16.3 Å². The molecule has 0 fully saturated rings. The van der Waals surface area contributed by atoms with Crippen LogP contribution in [0.25, 0.3) is 0 Å². The van der Waals surface area contributed by atoms with E-state index in [1.54, 1.807) is 31.2 Å². The van der Waals surface area contributed by atoms with E-state index in [1.807, 2.05) is 6.92 Å². The lowest BCUT2D eigenvalue weighted by Crippen LogP contribution is -2.22. The number of carbonyl (C=O) groups excluding carboxylic acids is 1. The van der Waals surface area contributed by atoms with Gasteiger partial charge < -0.3 is 10.1 Å². The van der Waals surface area contributed by atoms with E-state index in [0.717, 1.165) is 9.87 Å². The number of halogens is 1. The zero-order valence-corrected chi connectivity index (χ0v) is 16.6. The minimum Gasteiger partial charge on any atom is -0.483 e. The van der Waals surface area contributed by atoms with Crippen LogP contribution in [0, 0.1) is 13.8 Å². The van der Waals surface area contributed by atoms with Crippen molar-refractivity contribution in [2.24, 2.45) is 0 Å². The van der Waals surface area contributed by atoms with Crippen LogP contribution in [-0.4, -0.2) is 39.3 Å². The molecule has 0 aliphatic rings. The Morgan fingerprint density at radius 3 is 2.50 bits per heavy atom. The zero-order valence-electron chi connectivity index (χ0n) is 15.0. The largest absolute Gasteiger partial charge is 0.483 e. The van der Waals surface area contributed by atoms with Gasteiger partial charge in [0.2, 0.25) is 10.0 Å². The van der Waals surface area contributed by atoms with E-state index in [1.165, 1.54) is 26.2 Å². The van der Waals surface area contributed by atoms with Crippen molar-refractivity contribution in [1.29, 1.82) is 0 Å². The first kappa shape index (κ1) is 20.2. The summed E-state index contributed by atoms with van der Waals surface area (Å²) in [6, 6.07) is 9.77. The first-order valence-electron chi connectivity index (χ1n) is 7.84. The van der Waals surface area contributed by atoms with Gasteiger partial charge in [0, 0.05) is 24.8 Å². The highest BCUT2D eigenvalue weighted by Crippen LogP contribution is 2.24. The number of aryl methyl sites for hydroxylation is 1. The number of carbonyl (C=O) groups is 1. The van der Waals surface area contributed by atoms with E-state index in [9.17, 15) is 13.2 Å². The molecule has 0 unspecified atom stereocenters. The van der Waals surface area contributed by atoms with Crippen molar-refractivity contribution in [3.8, 4) is 5.75 Å². The fraction of sp³-hybridized carbons (Fsp3) is 0.278. The molecule has 6 nitrogen and oxygen atoms in total. The summed E-state index contributed by atoms with van der Waals surface area (Å²) in [4.78, 5) is 12.3. The number of anilines is 1. The molecule has 8 heteroatoms. The molecule has 140 valence electrons. The predicted octanol–water partition coefficient (Wildman–Crippen LogP) is 3.22. The summed E-state index contributed by atoms with van der Waals surface area (Å²) in [5.41, 5.74) is 2.02. The monoisotopic (exact) mass is 396 g/mol. The minimum atomic E-state index is -3.51. The van der Waals surface area contributed by atoms with Crippen LogP contribution in [0.5, 0.6) is 5.75 Å². The van der Waals surface area contributed by atoms with E-state index in [2.05, 4.69) is 5.32 Å². The predicted molar refractivity (Wildman–Crippen MR) is 102 cm³/mol. The van der Waals surface area contributed by atoms with Crippen LogP contribution in [0.4, 0.5) is 5.69 Å². The highest BCUT2D eigenvalue weighted by molar-refractivity contribution is 7.89. The third kappa shape index (κ3) is 4.55. The number of ether oxygens (including phenoxy) is 1. The lowest BCUT2D eigenvalue weighted by molar-refractivity contribution is -0.118. The molecule has 26 heavy (non-hydrogen) atoms. The summed E-state index contributed by atoms with van der Waals surface area (Å²) >= 11 is 6.03. The van der Waals surface area contributed by atoms with Crippen molar-refractivity contribution < 1.29 is 17.9 Å². The third-order valence-electron chi connectivity index (χ3n) is 3.83. The molecular weight excluding hydrogens is 376 g/mol. The molecule has 2 rings (SSSR count). The Hall–Kier alpha value is -2.09. The Morgan fingerprint density at radius 2 is 1.88 bits per heavy atom. The van der Waals surface area contributed by atoms with Crippen LogP contribution >= 0.6 is 11.6 Å². The van der Waals surface area contributed by atoms with Crippen LogP contribution in [0.1, 0.15) is 11.1 Å². The van der Waals surface area contributed by atoms with Crippen molar-refractivity contribution in [3.05, 3.63) is 52.5 Å². The van der Waals surface area contributed by atoms with Crippen molar-refractivity contribution >= 4 is 33.2 Å². The molecule has 0 aliphatic carbocycles. The molecule has 1 N–H and O–H groups in total. The lowest BCUT2D eigenvalue weighted by atomic mass is 10.2. The molecular formula is C18H21ClN2O4S. The van der Waals surface area contributed by atoms with Crippen molar-refractivity contribution in [2.75, 3.05) is 26.0 Å². The van der Waals surface area contributed by atoms with Crippen LogP contribution < -0.4 is 10.1 Å². The topological polar surface area (TPSA) is 75.7 Å². The van der Waals surface area contributed by atoms with E-state index in [0.29, 0.717) is 22.0 Å². The molecule has 2 aromatic carbocycles. The number of nitrogens with one attached hydrogen (secondary N) is 1. The van der Waals surface area contributed by atoms with Gasteiger partial charge in [-0.1, -0.05) is 17.7 Å². The smallest absolute Gasteiger partial charge is 0.262 e. The number of benzene rings is 2. The minimum absolute atomic E-state index is 0.173. The van der Waals surface area contributed by atoms with Gasteiger partial charge in [-0.2, -0.15) is 0 Å². The van der Waals surface area contributed by atoms with Gasteiger partial charge in [-0.05, 0) is 55.3 Å².